The first-order valence-electron chi connectivity index (χ1n) is 10.2. The molecule has 2 saturated carbocycles. The number of para-hydroxylation sites is 1. The Bertz CT molecular complexity index is 638. The van der Waals surface area contributed by atoms with Crippen LogP contribution in [-0.4, -0.2) is 31.1 Å². The number of hydrogen-bond donors (Lipinski definition) is 2. The monoisotopic (exact) mass is 359 g/mol. The molecule has 0 radical (unpaired) electrons. The van der Waals surface area contributed by atoms with E-state index in [4.69, 9.17) is 5.73 Å². The highest BCUT2D eigenvalue weighted by Crippen LogP contribution is 2.42. The first-order valence-corrected chi connectivity index (χ1v) is 10.2. The van der Waals surface area contributed by atoms with Gasteiger partial charge in [0, 0.05) is 31.1 Å². The van der Waals surface area contributed by atoms with Crippen LogP contribution in [0.5, 0.6) is 0 Å². The fraction of sp³-hybridized carbons (Fsp3) is 0.667. The van der Waals surface area contributed by atoms with Crippen LogP contribution in [0.3, 0.4) is 0 Å². The quantitative estimate of drug-likeness (QED) is 0.872. The average Bonchev–Trinajstić information content (AvgIpc) is 2.62. The van der Waals surface area contributed by atoms with Crippen molar-refractivity contribution in [2.45, 2.75) is 57.0 Å². The van der Waals surface area contributed by atoms with Crippen LogP contribution in [-0.2, 0) is 4.79 Å². The summed E-state index contributed by atoms with van der Waals surface area (Å²) in [7, 11) is 0. The van der Waals surface area contributed by atoms with Gasteiger partial charge in [0.15, 0.2) is 0 Å². The molecule has 2 bridgehead atoms. The van der Waals surface area contributed by atoms with Gasteiger partial charge >= 0.3 is 0 Å². The molecule has 2 aliphatic carbocycles. The van der Waals surface area contributed by atoms with Crippen LogP contribution in [0.15, 0.2) is 24.3 Å². The van der Waals surface area contributed by atoms with E-state index < -0.39 is 0 Å². The number of hydrogen-bond acceptors (Lipinski definition) is 3. The number of nitrogens with two attached hydrogens (primary N) is 1. The second-order valence-electron chi connectivity index (χ2n) is 8.44. The predicted octanol–water partition coefficient (Wildman–Crippen LogP) is 3.06. The minimum absolute atomic E-state index is 0.103. The molecule has 26 heavy (non-hydrogen) atoms. The van der Waals surface area contributed by atoms with Crippen LogP contribution < -0.4 is 16.0 Å². The Kier molecular flexibility index (Phi) is 5.16. The Morgan fingerprint density at radius 2 is 1.85 bits per heavy atom. The molecule has 0 spiro atoms. The summed E-state index contributed by atoms with van der Waals surface area (Å²) in [5.74, 6) is 1.13. The van der Waals surface area contributed by atoms with Crippen molar-refractivity contribution in [3.63, 3.8) is 0 Å². The smallest absolute Gasteiger partial charge is 0.223 e. The van der Waals surface area contributed by atoms with Crippen LogP contribution >= 0.6 is 0 Å². The molecule has 3 N–H and O–H groups in total. The third-order valence-electron chi connectivity index (χ3n) is 6.74. The molecule has 4 rings (SSSR count). The Morgan fingerprint density at radius 3 is 2.58 bits per heavy atom. The maximum atomic E-state index is 14.1. The van der Waals surface area contributed by atoms with Gasteiger partial charge in [-0.1, -0.05) is 18.6 Å². The second-order valence-corrected chi connectivity index (χ2v) is 8.44. The Labute approximate surface area is 155 Å². The summed E-state index contributed by atoms with van der Waals surface area (Å²) in [4.78, 5) is 14.9. The lowest BCUT2D eigenvalue weighted by molar-refractivity contribution is -0.128. The molecule has 1 aromatic rings. The average molecular weight is 359 g/mol. The molecule has 142 valence electrons. The number of nitrogens with one attached hydrogen (secondary N) is 1. The third-order valence-corrected chi connectivity index (χ3v) is 6.74. The molecule has 3 fully saturated rings. The van der Waals surface area contributed by atoms with E-state index in [0.29, 0.717) is 30.1 Å². The van der Waals surface area contributed by atoms with Crippen LogP contribution in [0.1, 0.15) is 44.9 Å². The molecule has 1 aliphatic heterocycles. The van der Waals surface area contributed by atoms with Gasteiger partial charge in [-0.2, -0.15) is 0 Å². The molecular weight excluding hydrogens is 329 g/mol. The van der Waals surface area contributed by atoms with E-state index in [0.717, 1.165) is 32.2 Å². The van der Waals surface area contributed by atoms with E-state index in [1.807, 2.05) is 12.1 Å². The van der Waals surface area contributed by atoms with Crippen molar-refractivity contribution in [3.8, 4) is 0 Å². The van der Waals surface area contributed by atoms with Gasteiger partial charge in [-0.05, 0) is 62.5 Å². The molecule has 3 unspecified atom stereocenters. The summed E-state index contributed by atoms with van der Waals surface area (Å²) in [6.45, 7) is 1.53. The molecule has 1 amide bonds. The van der Waals surface area contributed by atoms with Crippen molar-refractivity contribution < 1.29 is 9.18 Å². The Balaban J connectivity index is 1.36. The molecular formula is C21H30FN3O. The lowest BCUT2D eigenvalue weighted by Crippen LogP contribution is -2.53. The molecule has 4 nitrogen and oxygen atoms in total. The SMILES string of the molecule is NC1C2CCCC1CC(C(=O)NC1CCCN(c3ccccc3F)C1)C2. The number of carbonyl (C=O) groups is 1. The third kappa shape index (κ3) is 3.59. The molecule has 3 aliphatic rings. The van der Waals surface area contributed by atoms with Gasteiger partial charge in [-0.3, -0.25) is 4.79 Å². The van der Waals surface area contributed by atoms with E-state index in [2.05, 4.69) is 10.2 Å². The molecule has 1 saturated heterocycles. The number of benzene rings is 1. The van der Waals surface area contributed by atoms with E-state index in [1.165, 1.54) is 25.3 Å². The van der Waals surface area contributed by atoms with Gasteiger partial charge in [-0.25, -0.2) is 4.39 Å². The number of piperidine rings is 1. The highest BCUT2D eigenvalue weighted by molar-refractivity contribution is 5.79. The second kappa shape index (κ2) is 7.55. The van der Waals surface area contributed by atoms with Crippen LogP contribution in [0.25, 0.3) is 0 Å². The summed E-state index contributed by atoms with van der Waals surface area (Å²) < 4.78 is 14.1. The van der Waals surface area contributed by atoms with Gasteiger partial charge in [0.05, 0.1) is 5.69 Å². The lowest BCUT2D eigenvalue weighted by Gasteiger charge is -2.44. The fourth-order valence-corrected chi connectivity index (χ4v) is 5.34. The zero-order chi connectivity index (χ0) is 18.1. The van der Waals surface area contributed by atoms with Crippen molar-refractivity contribution in [1.82, 2.24) is 5.32 Å². The van der Waals surface area contributed by atoms with E-state index in [9.17, 15) is 9.18 Å². The molecule has 5 heteroatoms. The topological polar surface area (TPSA) is 58.4 Å². The largest absolute Gasteiger partial charge is 0.367 e. The molecule has 1 heterocycles. The normalized spacial score (nSPS) is 34.4. The number of nitrogens with zero attached hydrogens (tertiary/aromatic N) is 1. The number of amides is 1. The molecule has 3 atom stereocenters. The fourth-order valence-electron chi connectivity index (χ4n) is 5.34. The number of carbonyl (C=O) groups excluding carboxylic acids is 1. The number of anilines is 1. The first kappa shape index (κ1) is 17.8. The van der Waals surface area contributed by atoms with E-state index >= 15 is 0 Å². The Morgan fingerprint density at radius 1 is 1.12 bits per heavy atom. The standard InChI is InChI=1S/C21H30FN3O/c22-18-8-1-2-9-19(18)25-10-4-7-17(13-25)24-21(26)16-11-14-5-3-6-15(12-16)20(14)23/h1-2,8-9,14-17,20H,3-7,10-13,23H2,(H,24,26). The van der Waals surface area contributed by atoms with Gasteiger partial charge in [0.1, 0.15) is 5.82 Å². The Hall–Kier alpha value is -1.62. The minimum Gasteiger partial charge on any atom is -0.367 e. The summed E-state index contributed by atoms with van der Waals surface area (Å²) >= 11 is 0. The maximum Gasteiger partial charge on any atom is 0.223 e. The van der Waals surface area contributed by atoms with Gasteiger partial charge in [0.25, 0.3) is 0 Å². The van der Waals surface area contributed by atoms with Crippen LogP contribution in [0.2, 0.25) is 0 Å². The summed E-state index contributed by atoms with van der Waals surface area (Å²) in [5.41, 5.74) is 7.00. The maximum absolute atomic E-state index is 14.1. The minimum atomic E-state index is -0.187. The van der Waals surface area contributed by atoms with Crippen molar-refractivity contribution in [2.75, 3.05) is 18.0 Å². The van der Waals surface area contributed by atoms with E-state index in [-0.39, 0.29) is 23.7 Å². The number of rotatable bonds is 3. The lowest BCUT2D eigenvalue weighted by atomic mass is 9.65. The summed E-state index contributed by atoms with van der Waals surface area (Å²) in [5, 5.41) is 3.27. The molecule has 0 aromatic heterocycles. The zero-order valence-corrected chi connectivity index (χ0v) is 15.4. The van der Waals surface area contributed by atoms with Crippen molar-refractivity contribution in [3.05, 3.63) is 30.1 Å². The summed E-state index contributed by atoms with van der Waals surface area (Å²) in [6.07, 6.45) is 7.42. The predicted molar refractivity (Wildman–Crippen MR) is 101 cm³/mol. The number of halogens is 1. The van der Waals surface area contributed by atoms with Gasteiger partial charge in [0.2, 0.25) is 5.91 Å². The number of fused-ring (bicyclic) bond motifs is 2. The highest BCUT2D eigenvalue weighted by atomic mass is 19.1. The van der Waals surface area contributed by atoms with Gasteiger partial charge in [-0.15, -0.1) is 0 Å². The summed E-state index contributed by atoms with van der Waals surface area (Å²) in [6, 6.07) is 7.30. The first-order chi connectivity index (χ1) is 12.6. The van der Waals surface area contributed by atoms with Crippen molar-refractivity contribution >= 4 is 11.6 Å². The highest BCUT2D eigenvalue weighted by Gasteiger charge is 2.41. The van der Waals surface area contributed by atoms with Crippen molar-refractivity contribution in [2.24, 2.45) is 23.5 Å². The molecule has 1 aromatic carbocycles. The van der Waals surface area contributed by atoms with Crippen molar-refractivity contribution in [1.29, 1.82) is 0 Å². The van der Waals surface area contributed by atoms with Crippen LogP contribution in [0.4, 0.5) is 10.1 Å². The van der Waals surface area contributed by atoms with Crippen LogP contribution in [0, 0.1) is 23.6 Å². The van der Waals surface area contributed by atoms with E-state index in [1.54, 1.807) is 6.07 Å². The van der Waals surface area contributed by atoms with Gasteiger partial charge < -0.3 is 16.0 Å². The zero-order valence-electron chi connectivity index (χ0n) is 15.4.